The Labute approximate surface area is 110 Å². The van der Waals surface area contributed by atoms with Gasteiger partial charge in [0.1, 0.15) is 5.82 Å². The molecule has 102 valence electrons. The number of unbranched alkanes of at least 4 members (excludes halogenated alkanes) is 1. The van der Waals surface area contributed by atoms with Crippen LogP contribution in [0.2, 0.25) is 0 Å². The van der Waals surface area contributed by atoms with E-state index in [-0.39, 0.29) is 5.82 Å². The lowest BCUT2D eigenvalue weighted by atomic mass is 10.1. The van der Waals surface area contributed by atoms with Crippen LogP contribution in [0, 0.1) is 5.82 Å². The summed E-state index contributed by atoms with van der Waals surface area (Å²) in [5.41, 5.74) is 1.95. The van der Waals surface area contributed by atoms with Gasteiger partial charge in [-0.15, -0.1) is 0 Å². The molecule has 0 spiro atoms. The molecule has 0 aliphatic rings. The summed E-state index contributed by atoms with van der Waals surface area (Å²) >= 11 is 0. The van der Waals surface area contributed by atoms with Crippen LogP contribution in [0.1, 0.15) is 37.8 Å². The summed E-state index contributed by atoms with van der Waals surface area (Å²) in [4.78, 5) is 2.18. The average molecular weight is 252 g/mol. The molecule has 0 aromatic heterocycles. The van der Waals surface area contributed by atoms with E-state index in [9.17, 15) is 4.39 Å². The lowest BCUT2D eigenvalue weighted by Gasteiger charge is -2.17. The first kappa shape index (κ1) is 15.1. The van der Waals surface area contributed by atoms with Crippen molar-refractivity contribution in [1.82, 2.24) is 10.2 Å². The molecule has 0 atom stereocenters. The number of nitrogens with one attached hydrogen (secondary N) is 1. The van der Waals surface area contributed by atoms with Gasteiger partial charge in [-0.1, -0.05) is 32.4 Å². The molecular formula is C15H25FN2. The van der Waals surface area contributed by atoms with E-state index in [2.05, 4.69) is 24.1 Å². The van der Waals surface area contributed by atoms with Gasteiger partial charge >= 0.3 is 0 Å². The molecule has 0 amide bonds. The summed E-state index contributed by atoms with van der Waals surface area (Å²) in [7, 11) is 2.05. The summed E-state index contributed by atoms with van der Waals surface area (Å²) in [6.07, 6.45) is 2.34. The summed E-state index contributed by atoms with van der Waals surface area (Å²) < 4.78 is 13.7. The van der Waals surface area contributed by atoms with Crippen LogP contribution in [0.3, 0.4) is 0 Å². The number of nitrogens with zero attached hydrogens (tertiary/aromatic N) is 1. The fraction of sp³-hybridized carbons (Fsp3) is 0.600. The van der Waals surface area contributed by atoms with Crippen LogP contribution in [-0.4, -0.2) is 25.0 Å². The SMILES string of the molecule is CCCCN(C)Cc1cc(CNCC)ccc1F. The van der Waals surface area contributed by atoms with Gasteiger partial charge in [0.25, 0.3) is 0 Å². The highest BCUT2D eigenvalue weighted by atomic mass is 19.1. The monoisotopic (exact) mass is 252 g/mol. The molecule has 0 saturated carbocycles. The highest BCUT2D eigenvalue weighted by Gasteiger charge is 2.06. The molecule has 0 radical (unpaired) electrons. The Morgan fingerprint density at radius 3 is 2.72 bits per heavy atom. The maximum absolute atomic E-state index is 13.7. The third-order valence-electron chi connectivity index (χ3n) is 3.02. The smallest absolute Gasteiger partial charge is 0.127 e. The number of hydrogen-bond donors (Lipinski definition) is 1. The van der Waals surface area contributed by atoms with Crippen LogP contribution in [0.5, 0.6) is 0 Å². The van der Waals surface area contributed by atoms with Crippen LogP contribution in [0.25, 0.3) is 0 Å². The first-order chi connectivity index (χ1) is 8.67. The molecule has 3 heteroatoms. The lowest BCUT2D eigenvalue weighted by Crippen LogP contribution is -2.20. The zero-order chi connectivity index (χ0) is 13.4. The number of hydrogen-bond acceptors (Lipinski definition) is 2. The van der Waals surface area contributed by atoms with Gasteiger partial charge in [0.2, 0.25) is 0 Å². The Hall–Kier alpha value is -0.930. The molecule has 0 unspecified atom stereocenters. The maximum atomic E-state index is 13.7. The Kier molecular flexibility index (Phi) is 6.91. The van der Waals surface area contributed by atoms with E-state index in [1.165, 1.54) is 6.42 Å². The van der Waals surface area contributed by atoms with Gasteiger partial charge in [0, 0.05) is 18.7 Å². The van der Waals surface area contributed by atoms with Gasteiger partial charge in [-0.05, 0) is 38.2 Å². The second-order valence-corrected chi connectivity index (χ2v) is 4.80. The highest BCUT2D eigenvalue weighted by molar-refractivity contribution is 5.25. The number of halogens is 1. The second kappa shape index (κ2) is 8.22. The first-order valence-electron chi connectivity index (χ1n) is 6.84. The second-order valence-electron chi connectivity index (χ2n) is 4.80. The minimum Gasteiger partial charge on any atom is -0.313 e. The molecule has 1 aromatic carbocycles. The molecule has 0 aliphatic heterocycles. The van der Waals surface area contributed by atoms with Crippen molar-refractivity contribution < 1.29 is 4.39 Å². The Balaban J connectivity index is 2.62. The zero-order valence-corrected chi connectivity index (χ0v) is 11.8. The highest BCUT2D eigenvalue weighted by Crippen LogP contribution is 2.13. The molecule has 1 rings (SSSR count). The quantitative estimate of drug-likeness (QED) is 0.764. The summed E-state index contributed by atoms with van der Waals surface area (Å²) in [5, 5.41) is 3.26. The molecule has 2 nitrogen and oxygen atoms in total. The number of rotatable bonds is 8. The van der Waals surface area contributed by atoms with Crippen LogP contribution in [-0.2, 0) is 13.1 Å². The molecule has 0 saturated heterocycles. The van der Waals surface area contributed by atoms with E-state index in [0.29, 0.717) is 6.54 Å². The van der Waals surface area contributed by atoms with E-state index < -0.39 is 0 Å². The predicted molar refractivity (Wildman–Crippen MR) is 75.0 cm³/mol. The minimum absolute atomic E-state index is 0.0985. The van der Waals surface area contributed by atoms with E-state index in [1.807, 2.05) is 19.2 Å². The van der Waals surface area contributed by atoms with Gasteiger partial charge in [0.15, 0.2) is 0 Å². The van der Waals surface area contributed by atoms with Crippen molar-refractivity contribution in [1.29, 1.82) is 0 Å². The van der Waals surface area contributed by atoms with Crippen LogP contribution in [0.4, 0.5) is 4.39 Å². The normalized spacial score (nSPS) is 11.2. The van der Waals surface area contributed by atoms with Crippen molar-refractivity contribution in [2.24, 2.45) is 0 Å². The van der Waals surface area contributed by atoms with Crippen molar-refractivity contribution in [2.75, 3.05) is 20.1 Å². The van der Waals surface area contributed by atoms with E-state index in [0.717, 1.165) is 37.2 Å². The Bertz CT molecular complexity index is 352. The van der Waals surface area contributed by atoms with Crippen molar-refractivity contribution in [3.05, 3.63) is 35.1 Å². The van der Waals surface area contributed by atoms with Crippen molar-refractivity contribution >= 4 is 0 Å². The Morgan fingerprint density at radius 2 is 2.06 bits per heavy atom. The van der Waals surface area contributed by atoms with E-state index in [1.54, 1.807) is 6.07 Å². The zero-order valence-electron chi connectivity index (χ0n) is 11.8. The summed E-state index contributed by atoms with van der Waals surface area (Å²) in [6, 6.07) is 5.41. The molecule has 1 aromatic rings. The lowest BCUT2D eigenvalue weighted by molar-refractivity contribution is 0.315. The standard InChI is InChI=1S/C15H25FN2/c1-4-6-9-18(3)12-14-10-13(11-17-5-2)7-8-15(14)16/h7-8,10,17H,4-6,9,11-12H2,1-3H3. The molecule has 18 heavy (non-hydrogen) atoms. The Morgan fingerprint density at radius 1 is 1.28 bits per heavy atom. The summed E-state index contributed by atoms with van der Waals surface area (Å²) in [6.45, 7) is 7.69. The molecule has 0 aliphatic carbocycles. The maximum Gasteiger partial charge on any atom is 0.127 e. The van der Waals surface area contributed by atoms with Gasteiger partial charge in [-0.3, -0.25) is 0 Å². The van der Waals surface area contributed by atoms with Crippen molar-refractivity contribution in [3.8, 4) is 0 Å². The largest absolute Gasteiger partial charge is 0.313 e. The van der Waals surface area contributed by atoms with Crippen molar-refractivity contribution in [2.45, 2.75) is 39.8 Å². The van der Waals surface area contributed by atoms with Gasteiger partial charge < -0.3 is 10.2 Å². The van der Waals surface area contributed by atoms with Crippen LogP contribution in [0.15, 0.2) is 18.2 Å². The number of benzene rings is 1. The molecule has 1 N–H and O–H groups in total. The molecular weight excluding hydrogens is 227 g/mol. The van der Waals surface area contributed by atoms with Gasteiger partial charge in [0.05, 0.1) is 0 Å². The minimum atomic E-state index is -0.0985. The van der Waals surface area contributed by atoms with E-state index >= 15 is 0 Å². The fourth-order valence-electron chi connectivity index (χ4n) is 1.93. The van der Waals surface area contributed by atoms with Crippen molar-refractivity contribution in [3.63, 3.8) is 0 Å². The third kappa shape index (κ3) is 5.15. The third-order valence-corrected chi connectivity index (χ3v) is 3.02. The predicted octanol–water partition coefficient (Wildman–Crippen LogP) is 3.17. The summed E-state index contributed by atoms with van der Waals surface area (Å²) in [5.74, 6) is -0.0985. The van der Waals surface area contributed by atoms with Gasteiger partial charge in [-0.2, -0.15) is 0 Å². The molecule has 0 heterocycles. The topological polar surface area (TPSA) is 15.3 Å². The molecule has 0 bridgehead atoms. The van der Waals surface area contributed by atoms with Crippen LogP contribution < -0.4 is 5.32 Å². The fourth-order valence-corrected chi connectivity index (χ4v) is 1.93. The molecule has 0 fully saturated rings. The van der Waals surface area contributed by atoms with E-state index in [4.69, 9.17) is 0 Å². The average Bonchev–Trinajstić information content (AvgIpc) is 2.37. The van der Waals surface area contributed by atoms with Crippen LogP contribution >= 0.6 is 0 Å². The van der Waals surface area contributed by atoms with Gasteiger partial charge in [-0.25, -0.2) is 4.39 Å². The first-order valence-corrected chi connectivity index (χ1v) is 6.84.